The molecule has 0 bridgehead atoms. The lowest BCUT2D eigenvalue weighted by Crippen LogP contribution is -2.29. The van der Waals surface area contributed by atoms with Crippen molar-refractivity contribution in [2.45, 2.75) is 70.7 Å². The monoisotopic (exact) mass is 752 g/mol. The normalized spacial score (nSPS) is 14.8. The van der Waals surface area contributed by atoms with Gasteiger partial charge in [-0.05, 0) is 105 Å². The maximum Gasteiger partial charge on any atom is 0.306 e. The van der Waals surface area contributed by atoms with Crippen LogP contribution in [0.25, 0.3) is 23.1 Å². The Bertz CT molecular complexity index is 1930. The third kappa shape index (κ3) is 11.1. The number of aryl methyl sites for hydroxylation is 1. The Labute approximate surface area is 314 Å². The standard InChI is InChI=1S/C41H49ClN2O5S.ClH/c1-5-44(6-2)24-25-49-39(45)28-41(22-23-41)29-50(47,48)38(21-17-31-11-7-8-13-36(31)40(3,4)46)33-12-9-10-30(26-33)14-19-35-20-16-32-15-18-34(42)27-37(32)43-35;/h7-16,18-20,26-27,38,46H,5-6,17,21-25,28-29H2,1-4H3;1H/t38-;/m1./s1. The minimum atomic E-state index is -3.72. The summed E-state index contributed by atoms with van der Waals surface area (Å²) in [5, 5.41) is 11.7. The van der Waals surface area contributed by atoms with Crippen molar-refractivity contribution >= 4 is 62.9 Å². The van der Waals surface area contributed by atoms with E-state index >= 15 is 0 Å². The summed E-state index contributed by atoms with van der Waals surface area (Å²) >= 11 is 6.19. The Hall–Kier alpha value is -3.27. The summed E-state index contributed by atoms with van der Waals surface area (Å²) in [7, 11) is -3.72. The highest BCUT2D eigenvalue weighted by molar-refractivity contribution is 7.91. The first kappa shape index (κ1) is 40.5. The molecule has 0 spiro atoms. The van der Waals surface area contributed by atoms with E-state index in [-0.39, 0.29) is 30.6 Å². The van der Waals surface area contributed by atoms with Gasteiger partial charge in [0.05, 0.1) is 34.2 Å². The summed E-state index contributed by atoms with van der Waals surface area (Å²) in [4.78, 5) is 19.8. The molecule has 1 aliphatic rings. The number of hydrogen-bond acceptors (Lipinski definition) is 7. The second kappa shape index (κ2) is 17.5. The molecule has 4 aromatic rings. The van der Waals surface area contributed by atoms with E-state index in [9.17, 15) is 18.3 Å². The van der Waals surface area contributed by atoms with Gasteiger partial charge in [-0.25, -0.2) is 13.4 Å². The zero-order chi connectivity index (χ0) is 35.9. The zero-order valence-corrected chi connectivity index (χ0v) is 32.4. The van der Waals surface area contributed by atoms with Crippen molar-refractivity contribution in [1.82, 2.24) is 9.88 Å². The molecule has 5 rings (SSSR count). The molecule has 0 aliphatic heterocycles. The van der Waals surface area contributed by atoms with E-state index < -0.39 is 26.1 Å². The van der Waals surface area contributed by atoms with Gasteiger partial charge >= 0.3 is 5.97 Å². The fourth-order valence-corrected chi connectivity index (χ4v) is 9.33. The van der Waals surface area contributed by atoms with Crippen LogP contribution in [0, 0.1) is 5.41 Å². The smallest absolute Gasteiger partial charge is 0.306 e. The van der Waals surface area contributed by atoms with Crippen LogP contribution in [-0.2, 0) is 31.4 Å². The number of esters is 1. The summed E-state index contributed by atoms with van der Waals surface area (Å²) in [6, 6.07) is 24.8. The first-order valence-electron chi connectivity index (χ1n) is 17.6. The van der Waals surface area contributed by atoms with Gasteiger partial charge in [0.2, 0.25) is 0 Å². The van der Waals surface area contributed by atoms with E-state index in [1.54, 1.807) is 13.8 Å². The molecule has 0 radical (unpaired) electrons. The number of carbonyl (C=O) groups is 1. The lowest BCUT2D eigenvalue weighted by Gasteiger charge is -2.25. The van der Waals surface area contributed by atoms with Crippen LogP contribution in [0.5, 0.6) is 0 Å². The number of hydrogen-bond donors (Lipinski definition) is 1. The number of pyridine rings is 1. The van der Waals surface area contributed by atoms with Gasteiger partial charge in [0.15, 0.2) is 9.84 Å². The van der Waals surface area contributed by atoms with Crippen molar-refractivity contribution in [3.8, 4) is 0 Å². The highest BCUT2D eigenvalue weighted by atomic mass is 35.5. The van der Waals surface area contributed by atoms with Gasteiger partial charge in [0.25, 0.3) is 0 Å². The number of aromatic nitrogens is 1. The Morgan fingerprint density at radius 3 is 2.45 bits per heavy atom. The largest absolute Gasteiger partial charge is 0.464 e. The number of rotatable bonds is 17. The number of fused-ring (bicyclic) bond motifs is 1. The summed E-state index contributed by atoms with van der Waals surface area (Å²) in [5.74, 6) is -0.413. The predicted octanol–water partition coefficient (Wildman–Crippen LogP) is 8.85. The fraction of sp³-hybridized carbons (Fsp3) is 0.415. The van der Waals surface area contributed by atoms with Crippen LogP contribution >= 0.6 is 24.0 Å². The van der Waals surface area contributed by atoms with E-state index in [0.717, 1.165) is 46.4 Å². The van der Waals surface area contributed by atoms with Gasteiger partial charge in [-0.1, -0.05) is 92.2 Å². The Morgan fingerprint density at radius 1 is 1.02 bits per heavy atom. The topological polar surface area (TPSA) is 96.8 Å². The van der Waals surface area contributed by atoms with Crippen LogP contribution in [0.1, 0.15) is 86.6 Å². The molecule has 1 heterocycles. The number of halogens is 2. The van der Waals surface area contributed by atoms with Gasteiger partial charge in [-0.15, -0.1) is 12.4 Å². The molecule has 274 valence electrons. The summed E-state index contributed by atoms with van der Waals surface area (Å²) in [6.07, 6.45) is 6.11. The highest BCUT2D eigenvalue weighted by Gasteiger charge is 2.49. The number of sulfone groups is 1. The predicted molar refractivity (Wildman–Crippen MR) is 211 cm³/mol. The Balaban J connectivity index is 0.00000583. The molecule has 1 fully saturated rings. The van der Waals surface area contributed by atoms with Crippen LogP contribution in [0.4, 0.5) is 0 Å². The van der Waals surface area contributed by atoms with Crippen LogP contribution < -0.4 is 0 Å². The van der Waals surface area contributed by atoms with Crippen molar-refractivity contribution in [1.29, 1.82) is 0 Å². The van der Waals surface area contributed by atoms with Gasteiger partial charge in [-0.3, -0.25) is 4.79 Å². The molecule has 10 heteroatoms. The van der Waals surface area contributed by atoms with E-state index in [2.05, 4.69) is 18.7 Å². The quantitative estimate of drug-likeness (QED) is 0.108. The maximum absolute atomic E-state index is 14.4. The minimum Gasteiger partial charge on any atom is -0.464 e. The van der Waals surface area contributed by atoms with E-state index in [1.165, 1.54) is 0 Å². The fourth-order valence-electron chi connectivity index (χ4n) is 6.68. The van der Waals surface area contributed by atoms with Gasteiger partial charge in [-0.2, -0.15) is 0 Å². The van der Waals surface area contributed by atoms with Crippen LogP contribution in [0.3, 0.4) is 0 Å². The molecule has 0 amide bonds. The average molecular weight is 754 g/mol. The van der Waals surface area contributed by atoms with Crippen molar-refractivity contribution < 1.29 is 23.1 Å². The molecule has 1 atom stereocenters. The summed E-state index contributed by atoms with van der Waals surface area (Å²) < 4.78 is 34.4. The second-order valence-electron chi connectivity index (χ2n) is 14.1. The minimum absolute atomic E-state index is 0. The number of aliphatic hydroxyl groups is 1. The molecule has 0 saturated heterocycles. The first-order valence-corrected chi connectivity index (χ1v) is 19.6. The lowest BCUT2D eigenvalue weighted by molar-refractivity contribution is -0.145. The molecule has 51 heavy (non-hydrogen) atoms. The third-order valence-electron chi connectivity index (χ3n) is 9.74. The van der Waals surface area contributed by atoms with E-state index in [4.69, 9.17) is 21.3 Å². The van der Waals surface area contributed by atoms with Crippen molar-refractivity contribution in [3.05, 3.63) is 112 Å². The number of likely N-dealkylation sites (N-methyl/N-ethyl adjacent to an activating group) is 1. The highest BCUT2D eigenvalue weighted by Crippen LogP contribution is 2.51. The SMILES string of the molecule is CCN(CC)CCOC(=O)CC1(CS(=O)(=O)[C@H](CCc2ccccc2C(C)(C)O)c2cccc(C=Cc3ccc4ccc(Cl)cc4n3)c2)CC1.Cl. The summed E-state index contributed by atoms with van der Waals surface area (Å²) in [6.45, 7) is 10.3. The molecule has 3 aromatic carbocycles. The molecule has 1 aromatic heterocycles. The average Bonchev–Trinajstić information content (AvgIpc) is 3.82. The van der Waals surface area contributed by atoms with Crippen molar-refractivity contribution in [2.75, 3.05) is 32.0 Å². The maximum atomic E-state index is 14.4. The van der Waals surface area contributed by atoms with Crippen LogP contribution in [-0.4, -0.2) is 61.4 Å². The first-order chi connectivity index (χ1) is 23.8. The van der Waals surface area contributed by atoms with Gasteiger partial charge < -0.3 is 14.7 Å². The van der Waals surface area contributed by atoms with Crippen LogP contribution in [0.15, 0.2) is 78.9 Å². The molecule has 1 N–H and O–H groups in total. The molecule has 7 nitrogen and oxygen atoms in total. The number of ether oxygens (including phenoxy) is 1. The van der Waals surface area contributed by atoms with Crippen molar-refractivity contribution in [3.63, 3.8) is 0 Å². The lowest BCUT2D eigenvalue weighted by atomic mass is 9.90. The molecule has 1 aliphatic carbocycles. The summed E-state index contributed by atoms with van der Waals surface area (Å²) in [5.41, 5.74) is 3.14. The zero-order valence-electron chi connectivity index (χ0n) is 30.0. The molecule has 1 saturated carbocycles. The van der Waals surface area contributed by atoms with Gasteiger partial charge in [0.1, 0.15) is 6.61 Å². The Kier molecular flexibility index (Phi) is 13.9. The van der Waals surface area contributed by atoms with E-state index in [0.29, 0.717) is 49.4 Å². The van der Waals surface area contributed by atoms with Gasteiger partial charge in [0, 0.05) is 17.0 Å². The molecular formula is C41H50Cl2N2O5S. The number of benzene rings is 3. The molecule has 0 unspecified atom stereocenters. The number of nitrogens with zero attached hydrogens (tertiary/aromatic N) is 2. The second-order valence-corrected chi connectivity index (χ2v) is 16.7. The molecular weight excluding hydrogens is 703 g/mol. The number of carbonyl (C=O) groups excluding carboxylic acids is 1. The van der Waals surface area contributed by atoms with E-state index in [1.807, 2.05) is 91.0 Å². The van der Waals surface area contributed by atoms with Crippen molar-refractivity contribution in [2.24, 2.45) is 5.41 Å². The van der Waals surface area contributed by atoms with Crippen LogP contribution in [0.2, 0.25) is 5.02 Å². The Morgan fingerprint density at radius 2 is 1.75 bits per heavy atom. The third-order valence-corrected chi connectivity index (χ3v) is 12.4.